The number of H-pyrrole nitrogens is 1. The number of aromatic nitrogens is 3. The number of rotatable bonds is 3. The highest BCUT2D eigenvalue weighted by Crippen LogP contribution is 2.32. The maximum atomic E-state index is 6.21. The second-order valence-corrected chi connectivity index (χ2v) is 4.80. The number of imidazole rings is 1. The first kappa shape index (κ1) is 10.5. The Kier molecular flexibility index (Phi) is 2.29. The van der Waals surface area contributed by atoms with Crippen molar-refractivity contribution in [2.75, 3.05) is 7.11 Å². The molecule has 2 heterocycles. The van der Waals surface area contributed by atoms with Crippen LogP contribution in [0.5, 0.6) is 5.88 Å². The number of nitrogens with two attached hydrogens (primary N) is 1. The van der Waals surface area contributed by atoms with Gasteiger partial charge in [-0.05, 0) is 25.3 Å². The molecular formula is C12H16N4O. The molecule has 0 radical (unpaired) electrons. The first-order chi connectivity index (χ1) is 8.18. The number of fused-ring (bicyclic) bond motifs is 1. The van der Waals surface area contributed by atoms with Crippen LogP contribution in [0.4, 0.5) is 0 Å². The molecule has 0 aromatic carbocycles. The smallest absolute Gasteiger partial charge is 0.215 e. The van der Waals surface area contributed by atoms with Crippen LogP contribution in [0, 0.1) is 0 Å². The highest BCUT2D eigenvalue weighted by Gasteiger charge is 2.33. The Morgan fingerprint density at radius 2 is 2.24 bits per heavy atom. The lowest BCUT2D eigenvalue weighted by Gasteiger charge is -2.37. The first-order valence-corrected chi connectivity index (χ1v) is 5.87. The van der Waals surface area contributed by atoms with Crippen molar-refractivity contribution in [3.05, 3.63) is 18.0 Å². The van der Waals surface area contributed by atoms with Crippen molar-refractivity contribution in [3.8, 4) is 5.88 Å². The van der Waals surface area contributed by atoms with Crippen molar-refractivity contribution in [1.29, 1.82) is 0 Å². The van der Waals surface area contributed by atoms with Crippen LogP contribution in [-0.4, -0.2) is 27.6 Å². The molecule has 1 saturated carbocycles. The van der Waals surface area contributed by atoms with Crippen molar-refractivity contribution in [2.45, 2.75) is 31.2 Å². The van der Waals surface area contributed by atoms with E-state index in [-0.39, 0.29) is 5.54 Å². The quantitative estimate of drug-likeness (QED) is 0.838. The van der Waals surface area contributed by atoms with Gasteiger partial charge in [-0.1, -0.05) is 0 Å². The van der Waals surface area contributed by atoms with Gasteiger partial charge in [0.05, 0.1) is 12.6 Å². The van der Waals surface area contributed by atoms with Gasteiger partial charge in [0.15, 0.2) is 5.65 Å². The minimum Gasteiger partial charge on any atom is -0.481 e. The van der Waals surface area contributed by atoms with Gasteiger partial charge in [-0.15, -0.1) is 0 Å². The van der Waals surface area contributed by atoms with Gasteiger partial charge in [-0.25, -0.2) is 4.98 Å². The van der Waals surface area contributed by atoms with E-state index in [0.717, 1.165) is 30.6 Å². The molecule has 90 valence electrons. The van der Waals surface area contributed by atoms with Gasteiger partial charge in [-0.3, -0.25) is 0 Å². The number of aromatic amines is 1. The molecule has 3 N–H and O–H groups in total. The van der Waals surface area contributed by atoms with E-state index >= 15 is 0 Å². The minimum atomic E-state index is -0.0576. The number of hydrogen-bond acceptors (Lipinski definition) is 4. The summed E-state index contributed by atoms with van der Waals surface area (Å²) >= 11 is 0. The van der Waals surface area contributed by atoms with Crippen LogP contribution < -0.4 is 10.5 Å². The topological polar surface area (TPSA) is 76.8 Å². The molecule has 2 aromatic rings. The van der Waals surface area contributed by atoms with E-state index < -0.39 is 0 Å². The zero-order valence-corrected chi connectivity index (χ0v) is 9.86. The van der Waals surface area contributed by atoms with Crippen LogP contribution in [0.1, 0.15) is 25.1 Å². The molecule has 0 saturated heterocycles. The third-order valence-corrected chi connectivity index (χ3v) is 3.45. The zero-order chi connectivity index (χ0) is 11.9. The van der Waals surface area contributed by atoms with E-state index in [2.05, 4.69) is 15.0 Å². The number of nitrogens with zero attached hydrogens (tertiary/aromatic N) is 2. The Hall–Kier alpha value is -1.62. The molecule has 1 fully saturated rings. The van der Waals surface area contributed by atoms with Crippen LogP contribution in [0.15, 0.2) is 12.1 Å². The lowest BCUT2D eigenvalue weighted by atomic mass is 9.75. The number of methoxy groups -OCH3 is 1. The molecule has 0 amide bonds. The van der Waals surface area contributed by atoms with E-state index in [1.54, 1.807) is 7.11 Å². The van der Waals surface area contributed by atoms with E-state index in [4.69, 9.17) is 10.5 Å². The fourth-order valence-electron chi connectivity index (χ4n) is 2.26. The average molecular weight is 232 g/mol. The van der Waals surface area contributed by atoms with Crippen LogP contribution >= 0.6 is 0 Å². The molecule has 2 aromatic heterocycles. The van der Waals surface area contributed by atoms with E-state index in [9.17, 15) is 0 Å². The van der Waals surface area contributed by atoms with Crippen molar-refractivity contribution in [1.82, 2.24) is 15.0 Å². The van der Waals surface area contributed by atoms with Gasteiger partial charge in [0.25, 0.3) is 0 Å². The lowest BCUT2D eigenvalue weighted by Crippen LogP contribution is -2.48. The first-order valence-electron chi connectivity index (χ1n) is 5.87. The molecule has 0 atom stereocenters. The summed E-state index contributed by atoms with van der Waals surface area (Å²) in [5.74, 6) is 1.50. The molecule has 5 heteroatoms. The summed E-state index contributed by atoms with van der Waals surface area (Å²) in [5.41, 5.74) is 7.78. The molecule has 0 spiro atoms. The predicted molar refractivity (Wildman–Crippen MR) is 64.9 cm³/mol. The summed E-state index contributed by atoms with van der Waals surface area (Å²) in [7, 11) is 1.60. The monoisotopic (exact) mass is 232 g/mol. The molecule has 0 aliphatic heterocycles. The Bertz CT molecular complexity index is 544. The van der Waals surface area contributed by atoms with Gasteiger partial charge >= 0.3 is 0 Å². The van der Waals surface area contributed by atoms with Gasteiger partial charge in [0.2, 0.25) is 5.88 Å². The highest BCUT2D eigenvalue weighted by atomic mass is 16.5. The van der Waals surface area contributed by atoms with E-state index in [0.29, 0.717) is 11.5 Å². The standard InChI is InChI=1S/C12H16N4O/c1-17-10-4-3-8-11(16-10)15-9(14-8)7-12(13)5-2-6-12/h3-4H,2,5-7,13H2,1H3,(H,14,15,16). The summed E-state index contributed by atoms with van der Waals surface area (Å²) < 4.78 is 5.08. The molecular weight excluding hydrogens is 216 g/mol. The summed E-state index contributed by atoms with van der Waals surface area (Å²) in [6.45, 7) is 0. The largest absolute Gasteiger partial charge is 0.481 e. The van der Waals surface area contributed by atoms with Crippen LogP contribution in [0.25, 0.3) is 11.2 Å². The number of nitrogens with one attached hydrogen (secondary N) is 1. The third-order valence-electron chi connectivity index (χ3n) is 3.45. The summed E-state index contributed by atoms with van der Waals surface area (Å²) in [6, 6.07) is 3.76. The molecule has 0 bridgehead atoms. The lowest BCUT2D eigenvalue weighted by molar-refractivity contribution is 0.244. The molecule has 3 rings (SSSR count). The minimum absolute atomic E-state index is 0.0576. The molecule has 0 unspecified atom stereocenters. The Morgan fingerprint density at radius 1 is 1.41 bits per heavy atom. The highest BCUT2D eigenvalue weighted by molar-refractivity contribution is 5.71. The van der Waals surface area contributed by atoms with Crippen molar-refractivity contribution in [2.24, 2.45) is 5.73 Å². The fraction of sp³-hybridized carbons (Fsp3) is 0.500. The average Bonchev–Trinajstić information content (AvgIpc) is 2.67. The van der Waals surface area contributed by atoms with E-state index in [1.807, 2.05) is 12.1 Å². The van der Waals surface area contributed by atoms with Crippen molar-refractivity contribution in [3.63, 3.8) is 0 Å². The third kappa shape index (κ3) is 1.86. The number of hydrogen-bond donors (Lipinski definition) is 2. The maximum Gasteiger partial charge on any atom is 0.215 e. The SMILES string of the molecule is COc1ccc2[nH]c(CC3(N)CCC3)nc2n1. The van der Waals surface area contributed by atoms with Gasteiger partial charge in [0, 0.05) is 18.0 Å². The van der Waals surface area contributed by atoms with E-state index in [1.165, 1.54) is 6.42 Å². The van der Waals surface area contributed by atoms with Crippen molar-refractivity contribution < 1.29 is 4.74 Å². The van der Waals surface area contributed by atoms with Crippen LogP contribution in [0.3, 0.4) is 0 Å². The summed E-state index contributed by atoms with van der Waals surface area (Å²) in [4.78, 5) is 12.0. The van der Waals surface area contributed by atoms with Crippen molar-refractivity contribution >= 4 is 11.2 Å². The molecule has 1 aliphatic rings. The second kappa shape index (κ2) is 3.70. The zero-order valence-electron chi connectivity index (χ0n) is 9.86. The van der Waals surface area contributed by atoms with Crippen LogP contribution in [0.2, 0.25) is 0 Å². The second-order valence-electron chi connectivity index (χ2n) is 4.80. The predicted octanol–water partition coefficient (Wildman–Crippen LogP) is 1.39. The van der Waals surface area contributed by atoms with Gasteiger partial charge in [0.1, 0.15) is 5.82 Å². The summed E-state index contributed by atoms with van der Waals surface area (Å²) in [5, 5.41) is 0. The van der Waals surface area contributed by atoms with Gasteiger partial charge < -0.3 is 15.5 Å². The number of ether oxygens (including phenoxy) is 1. The molecule has 5 nitrogen and oxygen atoms in total. The Labute approximate surface area is 99.4 Å². The van der Waals surface area contributed by atoms with Gasteiger partial charge in [-0.2, -0.15) is 4.98 Å². The fourth-order valence-corrected chi connectivity index (χ4v) is 2.26. The Morgan fingerprint density at radius 3 is 2.88 bits per heavy atom. The normalized spacial score (nSPS) is 18.0. The van der Waals surface area contributed by atoms with Crippen LogP contribution in [-0.2, 0) is 6.42 Å². The molecule has 1 aliphatic carbocycles. The maximum absolute atomic E-state index is 6.21. The number of pyridine rings is 1. The Balaban J connectivity index is 1.90. The summed E-state index contributed by atoms with van der Waals surface area (Å²) in [6.07, 6.45) is 4.19. The molecule has 17 heavy (non-hydrogen) atoms.